The Morgan fingerprint density at radius 1 is 0.900 bits per heavy atom. The number of amides is 1. The first-order chi connectivity index (χ1) is 14.7. The summed E-state index contributed by atoms with van der Waals surface area (Å²) < 4.78 is 0. The molecule has 0 saturated heterocycles. The zero-order valence-corrected chi connectivity index (χ0v) is 16.6. The Balaban J connectivity index is 1.69. The second-order valence-corrected chi connectivity index (χ2v) is 6.70. The number of para-hydroxylation sites is 1. The summed E-state index contributed by atoms with van der Waals surface area (Å²) in [7, 11) is 1.89. The van der Waals surface area contributed by atoms with Crippen LogP contribution in [0.2, 0.25) is 0 Å². The normalized spacial score (nSPS) is 10.4. The molecule has 2 aromatic carbocycles. The summed E-state index contributed by atoms with van der Waals surface area (Å²) in [5.41, 5.74) is 3.00. The van der Waals surface area contributed by atoms with Gasteiger partial charge in [-0.1, -0.05) is 54.6 Å². The van der Waals surface area contributed by atoms with Crippen LogP contribution in [0.5, 0.6) is 0 Å². The van der Waals surface area contributed by atoms with Gasteiger partial charge in [0.15, 0.2) is 5.82 Å². The molecule has 4 aromatic rings. The molecule has 6 nitrogen and oxygen atoms in total. The van der Waals surface area contributed by atoms with E-state index >= 15 is 0 Å². The maximum atomic E-state index is 13.0. The monoisotopic (exact) mass is 395 g/mol. The molecule has 148 valence electrons. The summed E-state index contributed by atoms with van der Waals surface area (Å²) in [5, 5.41) is 2.91. The number of nitrogens with zero attached hydrogens (tertiary/aromatic N) is 4. The predicted octanol–water partition coefficient (Wildman–Crippen LogP) is 4.24. The SMILES string of the molecule is CN(c1ccccc1)c1nc(-c2ccccc2)ncc1C(=O)NCc1ccccn1. The quantitative estimate of drug-likeness (QED) is 0.529. The van der Waals surface area contributed by atoms with Crippen molar-refractivity contribution in [1.29, 1.82) is 0 Å². The number of anilines is 2. The lowest BCUT2D eigenvalue weighted by atomic mass is 10.2. The van der Waals surface area contributed by atoms with E-state index in [4.69, 9.17) is 4.98 Å². The minimum Gasteiger partial charge on any atom is -0.346 e. The number of aromatic nitrogens is 3. The first-order valence-corrected chi connectivity index (χ1v) is 9.62. The molecular weight excluding hydrogens is 374 g/mol. The van der Waals surface area contributed by atoms with Crippen LogP contribution in [0.3, 0.4) is 0 Å². The summed E-state index contributed by atoms with van der Waals surface area (Å²) >= 11 is 0. The number of hydrogen-bond acceptors (Lipinski definition) is 5. The smallest absolute Gasteiger partial charge is 0.256 e. The van der Waals surface area contributed by atoms with E-state index in [1.165, 1.54) is 0 Å². The van der Waals surface area contributed by atoms with Gasteiger partial charge in [0.2, 0.25) is 0 Å². The van der Waals surface area contributed by atoms with E-state index in [-0.39, 0.29) is 5.91 Å². The molecule has 0 aliphatic carbocycles. The molecular formula is C24H21N5O. The standard InChI is InChI=1S/C24H21N5O/c1-29(20-13-6-3-7-14-20)23-21(24(30)27-16-19-12-8-9-15-25-19)17-26-22(28-23)18-10-4-2-5-11-18/h2-15,17H,16H2,1H3,(H,27,30). The Kier molecular flexibility index (Phi) is 5.75. The third-order valence-corrected chi connectivity index (χ3v) is 4.66. The van der Waals surface area contributed by atoms with Gasteiger partial charge in [0.05, 0.1) is 12.2 Å². The Morgan fingerprint density at radius 2 is 1.60 bits per heavy atom. The molecule has 6 heteroatoms. The molecule has 0 aliphatic heterocycles. The fraction of sp³-hybridized carbons (Fsp3) is 0.0833. The molecule has 0 bridgehead atoms. The summed E-state index contributed by atoms with van der Waals surface area (Å²) in [5.74, 6) is 0.848. The van der Waals surface area contributed by atoms with Crippen molar-refractivity contribution < 1.29 is 4.79 Å². The number of nitrogens with one attached hydrogen (secondary N) is 1. The van der Waals surface area contributed by atoms with Gasteiger partial charge in [0, 0.05) is 30.7 Å². The van der Waals surface area contributed by atoms with Crippen molar-refractivity contribution in [1.82, 2.24) is 20.3 Å². The zero-order chi connectivity index (χ0) is 20.8. The maximum absolute atomic E-state index is 13.0. The molecule has 1 amide bonds. The molecule has 0 radical (unpaired) electrons. The highest BCUT2D eigenvalue weighted by molar-refractivity contribution is 5.99. The molecule has 1 N–H and O–H groups in total. The fourth-order valence-corrected chi connectivity index (χ4v) is 3.06. The molecule has 2 heterocycles. The Hall–Kier alpha value is -4.06. The van der Waals surface area contributed by atoms with Crippen LogP contribution < -0.4 is 10.2 Å². The molecule has 0 atom stereocenters. The van der Waals surface area contributed by atoms with Crippen molar-refractivity contribution in [2.24, 2.45) is 0 Å². The lowest BCUT2D eigenvalue weighted by Gasteiger charge is -2.21. The average Bonchev–Trinajstić information content (AvgIpc) is 2.83. The van der Waals surface area contributed by atoms with Crippen molar-refractivity contribution in [3.8, 4) is 11.4 Å². The molecule has 0 saturated carbocycles. The van der Waals surface area contributed by atoms with E-state index < -0.39 is 0 Å². The molecule has 2 aromatic heterocycles. The number of rotatable bonds is 6. The number of hydrogen-bond donors (Lipinski definition) is 1. The van der Waals surface area contributed by atoms with E-state index in [0.717, 1.165) is 16.9 Å². The predicted molar refractivity (Wildman–Crippen MR) is 117 cm³/mol. The van der Waals surface area contributed by atoms with Crippen LogP contribution in [0.1, 0.15) is 16.1 Å². The Labute approximate surface area is 175 Å². The fourth-order valence-electron chi connectivity index (χ4n) is 3.06. The summed E-state index contributed by atoms with van der Waals surface area (Å²) in [4.78, 5) is 28.3. The minimum absolute atomic E-state index is 0.252. The highest BCUT2D eigenvalue weighted by Gasteiger charge is 2.19. The number of benzene rings is 2. The van der Waals surface area contributed by atoms with Gasteiger partial charge in [0.1, 0.15) is 11.4 Å². The lowest BCUT2D eigenvalue weighted by molar-refractivity contribution is 0.0950. The molecule has 0 fully saturated rings. The van der Waals surface area contributed by atoms with Gasteiger partial charge < -0.3 is 10.2 Å². The Bertz CT molecular complexity index is 1120. The van der Waals surface area contributed by atoms with Crippen molar-refractivity contribution in [3.05, 3.63) is 103 Å². The Morgan fingerprint density at radius 3 is 2.30 bits per heavy atom. The summed E-state index contributed by atoms with van der Waals surface area (Å²) in [6, 6.07) is 25.1. The third-order valence-electron chi connectivity index (χ3n) is 4.66. The van der Waals surface area contributed by atoms with Crippen LogP contribution in [0, 0.1) is 0 Å². The molecule has 0 aliphatic rings. The van der Waals surface area contributed by atoms with E-state index in [9.17, 15) is 4.79 Å². The average molecular weight is 395 g/mol. The van der Waals surface area contributed by atoms with Crippen molar-refractivity contribution in [3.63, 3.8) is 0 Å². The third kappa shape index (κ3) is 4.33. The number of pyridine rings is 1. The highest BCUT2D eigenvalue weighted by Crippen LogP contribution is 2.27. The van der Waals surface area contributed by atoms with Crippen LogP contribution in [0.15, 0.2) is 91.3 Å². The highest BCUT2D eigenvalue weighted by atomic mass is 16.1. The second-order valence-electron chi connectivity index (χ2n) is 6.70. The molecule has 4 rings (SSSR count). The van der Waals surface area contributed by atoms with Gasteiger partial charge in [-0.2, -0.15) is 0 Å². The number of carbonyl (C=O) groups is 1. The second kappa shape index (κ2) is 8.96. The topological polar surface area (TPSA) is 71.0 Å². The maximum Gasteiger partial charge on any atom is 0.256 e. The van der Waals surface area contributed by atoms with Gasteiger partial charge in [0.25, 0.3) is 5.91 Å². The van der Waals surface area contributed by atoms with Crippen LogP contribution in [0.25, 0.3) is 11.4 Å². The first-order valence-electron chi connectivity index (χ1n) is 9.62. The van der Waals surface area contributed by atoms with E-state index in [2.05, 4.69) is 15.3 Å². The largest absolute Gasteiger partial charge is 0.346 e. The van der Waals surface area contributed by atoms with E-state index in [1.54, 1.807) is 12.4 Å². The van der Waals surface area contributed by atoms with E-state index in [1.807, 2.05) is 90.8 Å². The number of carbonyl (C=O) groups excluding carboxylic acids is 1. The van der Waals surface area contributed by atoms with Gasteiger partial charge in [-0.15, -0.1) is 0 Å². The molecule has 0 spiro atoms. The minimum atomic E-state index is -0.252. The van der Waals surface area contributed by atoms with Crippen LogP contribution in [-0.4, -0.2) is 27.9 Å². The first kappa shape index (κ1) is 19.3. The molecule has 0 unspecified atom stereocenters. The van der Waals surface area contributed by atoms with Crippen LogP contribution >= 0.6 is 0 Å². The van der Waals surface area contributed by atoms with Crippen LogP contribution in [0.4, 0.5) is 11.5 Å². The summed E-state index contributed by atoms with van der Waals surface area (Å²) in [6.07, 6.45) is 3.28. The van der Waals surface area contributed by atoms with Gasteiger partial charge >= 0.3 is 0 Å². The summed E-state index contributed by atoms with van der Waals surface area (Å²) in [6.45, 7) is 0.328. The van der Waals surface area contributed by atoms with E-state index in [0.29, 0.717) is 23.8 Å². The molecule has 30 heavy (non-hydrogen) atoms. The van der Waals surface area contributed by atoms with Crippen molar-refractivity contribution in [2.45, 2.75) is 6.54 Å². The van der Waals surface area contributed by atoms with Gasteiger partial charge in [-0.25, -0.2) is 9.97 Å². The zero-order valence-electron chi connectivity index (χ0n) is 16.6. The van der Waals surface area contributed by atoms with Crippen LogP contribution in [-0.2, 0) is 6.54 Å². The lowest BCUT2D eigenvalue weighted by Crippen LogP contribution is -2.26. The van der Waals surface area contributed by atoms with Gasteiger partial charge in [-0.3, -0.25) is 9.78 Å². The van der Waals surface area contributed by atoms with Crippen molar-refractivity contribution in [2.75, 3.05) is 11.9 Å². The van der Waals surface area contributed by atoms with Gasteiger partial charge in [-0.05, 0) is 24.3 Å². The van der Waals surface area contributed by atoms with Crippen molar-refractivity contribution >= 4 is 17.4 Å².